The lowest BCUT2D eigenvalue weighted by Gasteiger charge is -2.27. The highest BCUT2D eigenvalue weighted by Crippen LogP contribution is 2.35. The minimum atomic E-state index is 0.107. The Hall–Kier alpha value is -2.60. The maximum absolute atomic E-state index is 13.1. The maximum atomic E-state index is 13.1. The van der Waals surface area contributed by atoms with Crippen LogP contribution in [0.5, 0.6) is 11.5 Å². The second kappa shape index (κ2) is 9.69. The number of amides is 1. The average Bonchev–Trinajstić information content (AvgIpc) is 2.92. The highest BCUT2D eigenvalue weighted by atomic mass is 16.5. The van der Waals surface area contributed by atoms with E-state index in [2.05, 4.69) is 22.0 Å². The molecule has 4 rings (SSSR count). The largest absolute Gasteiger partial charge is 0.493 e. The van der Waals surface area contributed by atoms with Crippen LogP contribution in [0.1, 0.15) is 46.6 Å². The summed E-state index contributed by atoms with van der Waals surface area (Å²) in [6, 6.07) is 10.0. The number of benzene rings is 1. The summed E-state index contributed by atoms with van der Waals surface area (Å²) in [5.41, 5.74) is 4.01. The molecular weight excluding hydrogens is 390 g/mol. The van der Waals surface area contributed by atoms with Crippen molar-refractivity contribution >= 4 is 5.91 Å². The fourth-order valence-corrected chi connectivity index (χ4v) is 4.84. The third-order valence-electron chi connectivity index (χ3n) is 6.45. The summed E-state index contributed by atoms with van der Waals surface area (Å²) in [6.07, 6.45) is 4.59. The molecule has 2 aromatic rings. The van der Waals surface area contributed by atoms with Crippen LogP contribution in [-0.2, 0) is 13.0 Å². The lowest BCUT2D eigenvalue weighted by Crippen LogP contribution is -2.37. The maximum Gasteiger partial charge on any atom is 0.254 e. The summed E-state index contributed by atoms with van der Waals surface area (Å²) in [5.74, 6) is 1.90. The van der Waals surface area contributed by atoms with Gasteiger partial charge in [0.15, 0.2) is 11.5 Å². The average molecular weight is 424 g/mol. The van der Waals surface area contributed by atoms with Crippen molar-refractivity contribution < 1.29 is 14.3 Å². The van der Waals surface area contributed by atoms with Gasteiger partial charge in [-0.3, -0.25) is 9.78 Å². The molecule has 1 amide bonds. The van der Waals surface area contributed by atoms with E-state index >= 15 is 0 Å². The number of nitrogens with zero attached hydrogens (tertiary/aromatic N) is 3. The number of fused-ring (bicyclic) bond motifs is 1. The van der Waals surface area contributed by atoms with Crippen LogP contribution in [0.3, 0.4) is 0 Å². The summed E-state index contributed by atoms with van der Waals surface area (Å²) in [7, 11) is 3.24. The Labute approximate surface area is 185 Å². The van der Waals surface area contributed by atoms with E-state index in [9.17, 15) is 4.79 Å². The summed E-state index contributed by atoms with van der Waals surface area (Å²) >= 11 is 0. The van der Waals surface area contributed by atoms with Gasteiger partial charge in [0.05, 0.1) is 14.2 Å². The van der Waals surface area contributed by atoms with Crippen molar-refractivity contribution in [1.82, 2.24) is 14.8 Å². The van der Waals surface area contributed by atoms with Crippen LogP contribution >= 0.6 is 0 Å². The van der Waals surface area contributed by atoms with E-state index in [0.717, 1.165) is 55.1 Å². The number of ether oxygens (including phenoxy) is 2. The predicted octanol–water partition coefficient (Wildman–Crippen LogP) is 3.71. The highest BCUT2D eigenvalue weighted by Gasteiger charge is 2.31. The Morgan fingerprint density at radius 1 is 1.13 bits per heavy atom. The van der Waals surface area contributed by atoms with Crippen LogP contribution in [0, 0.1) is 12.8 Å². The van der Waals surface area contributed by atoms with Crippen molar-refractivity contribution in [1.29, 1.82) is 0 Å². The molecule has 2 aliphatic rings. The molecule has 3 heterocycles. The van der Waals surface area contributed by atoms with E-state index in [4.69, 9.17) is 9.47 Å². The van der Waals surface area contributed by atoms with Crippen LogP contribution in [-0.4, -0.2) is 61.1 Å². The molecule has 0 aliphatic carbocycles. The van der Waals surface area contributed by atoms with Crippen LogP contribution in [0.15, 0.2) is 30.3 Å². The van der Waals surface area contributed by atoms with E-state index in [1.54, 1.807) is 14.2 Å². The number of rotatable bonds is 7. The molecule has 1 unspecified atom stereocenters. The van der Waals surface area contributed by atoms with E-state index in [1.165, 1.54) is 19.3 Å². The number of hydrogen-bond acceptors (Lipinski definition) is 5. The molecule has 1 aromatic carbocycles. The van der Waals surface area contributed by atoms with Crippen molar-refractivity contribution in [3.05, 3.63) is 52.8 Å². The number of likely N-dealkylation sites (tertiary alicyclic amines) is 1. The Morgan fingerprint density at radius 2 is 1.94 bits per heavy atom. The number of hydrogen-bond donors (Lipinski definition) is 0. The van der Waals surface area contributed by atoms with E-state index < -0.39 is 0 Å². The fourth-order valence-electron chi connectivity index (χ4n) is 4.84. The molecule has 31 heavy (non-hydrogen) atoms. The standard InChI is InChI=1S/C25H33N3O3/c1-18-7-6-9-21(26-18)10-12-27-11-5-4-8-19(15-27)16-28-17-20-13-23(30-2)24(31-3)14-22(20)25(28)29/h6-7,9,13-14,19H,4-5,8,10-12,15-17H2,1-3H3. The van der Waals surface area contributed by atoms with Gasteiger partial charge in [-0.2, -0.15) is 0 Å². The second-order valence-corrected chi connectivity index (χ2v) is 8.73. The van der Waals surface area contributed by atoms with E-state index in [-0.39, 0.29) is 5.91 Å². The van der Waals surface area contributed by atoms with Crippen LogP contribution in [0.2, 0.25) is 0 Å². The van der Waals surface area contributed by atoms with Gasteiger partial charge >= 0.3 is 0 Å². The Bertz CT molecular complexity index is 930. The summed E-state index contributed by atoms with van der Waals surface area (Å²) in [5, 5.41) is 0. The molecule has 1 fully saturated rings. The molecule has 166 valence electrons. The molecule has 1 saturated heterocycles. The summed E-state index contributed by atoms with van der Waals surface area (Å²) < 4.78 is 10.8. The van der Waals surface area contributed by atoms with Gasteiger partial charge < -0.3 is 19.3 Å². The summed E-state index contributed by atoms with van der Waals surface area (Å²) in [4.78, 5) is 22.3. The topological polar surface area (TPSA) is 54.9 Å². The number of carbonyl (C=O) groups excluding carboxylic acids is 1. The number of aromatic nitrogens is 1. The van der Waals surface area contributed by atoms with Gasteiger partial charge in [0, 0.05) is 49.6 Å². The van der Waals surface area contributed by atoms with Crippen molar-refractivity contribution in [2.45, 2.75) is 39.2 Å². The van der Waals surface area contributed by atoms with Gasteiger partial charge in [-0.1, -0.05) is 12.5 Å². The predicted molar refractivity (Wildman–Crippen MR) is 121 cm³/mol. The molecule has 0 radical (unpaired) electrons. The first-order valence-corrected chi connectivity index (χ1v) is 11.3. The third-order valence-corrected chi connectivity index (χ3v) is 6.45. The Morgan fingerprint density at radius 3 is 2.71 bits per heavy atom. The molecule has 6 heteroatoms. The highest BCUT2D eigenvalue weighted by molar-refractivity contribution is 5.99. The molecule has 1 atom stereocenters. The number of carbonyl (C=O) groups is 1. The first-order valence-electron chi connectivity index (χ1n) is 11.3. The van der Waals surface area contributed by atoms with Crippen molar-refractivity contribution in [2.75, 3.05) is 40.4 Å². The van der Waals surface area contributed by atoms with Crippen molar-refractivity contribution in [3.63, 3.8) is 0 Å². The third kappa shape index (κ3) is 5.01. The number of aryl methyl sites for hydroxylation is 1. The lowest BCUT2D eigenvalue weighted by molar-refractivity contribution is 0.0736. The minimum absolute atomic E-state index is 0.107. The smallest absolute Gasteiger partial charge is 0.254 e. The first-order chi connectivity index (χ1) is 15.1. The molecule has 2 aliphatic heterocycles. The van der Waals surface area contributed by atoms with Crippen LogP contribution in [0.25, 0.3) is 0 Å². The van der Waals surface area contributed by atoms with Gasteiger partial charge in [0.2, 0.25) is 0 Å². The second-order valence-electron chi connectivity index (χ2n) is 8.73. The Balaban J connectivity index is 1.38. The zero-order chi connectivity index (χ0) is 21.8. The minimum Gasteiger partial charge on any atom is -0.493 e. The zero-order valence-electron chi connectivity index (χ0n) is 18.9. The molecule has 0 spiro atoms. The molecule has 6 nitrogen and oxygen atoms in total. The van der Waals surface area contributed by atoms with Gasteiger partial charge in [-0.15, -0.1) is 0 Å². The van der Waals surface area contributed by atoms with Crippen LogP contribution < -0.4 is 9.47 Å². The molecule has 0 bridgehead atoms. The van der Waals surface area contributed by atoms with E-state index in [1.807, 2.05) is 30.0 Å². The monoisotopic (exact) mass is 423 g/mol. The SMILES string of the molecule is COc1cc2c(cc1OC)C(=O)N(CC1CCCCN(CCc3cccc(C)n3)C1)C2. The van der Waals surface area contributed by atoms with Gasteiger partial charge in [-0.05, 0) is 62.1 Å². The van der Waals surface area contributed by atoms with E-state index in [0.29, 0.717) is 24.0 Å². The van der Waals surface area contributed by atoms with Crippen molar-refractivity contribution in [2.24, 2.45) is 5.92 Å². The quantitative estimate of drug-likeness (QED) is 0.680. The number of pyridine rings is 1. The normalized spacial score (nSPS) is 19.3. The van der Waals surface area contributed by atoms with Crippen LogP contribution in [0.4, 0.5) is 0 Å². The van der Waals surface area contributed by atoms with Gasteiger partial charge in [0.1, 0.15) is 0 Å². The lowest BCUT2D eigenvalue weighted by atomic mass is 10.0. The Kier molecular flexibility index (Phi) is 6.76. The van der Waals surface area contributed by atoms with Crippen molar-refractivity contribution in [3.8, 4) is 11.5 Å². The first kappa shape index (κ1) is 21.6. The van der Waals surface area contributed by atoms with Gasteiger partial charge in [0.25, 0.3) is 5.91 Å². The molecular formula is C25H33N3O3. The molecule has 0 saturated carbocycles. The summed E-state index contributed by atoms with van der Waals surface area (Å²) in [6.45, 7) is 6.69. The van der Waals surface area contributed by atoms with Gasteiger partial charge in [-0.25, -0.2) is 0 Å². The molecule has 0 N–H and O–H groups in total. The molecule has 1 aromatic heterocycles. The zero-order valence-corrected chi connectivity index (χ0v) is 18.9. The number of methoxy groups -OCH3 is 2. The fraction of sp³-hybridized carbons (Fsp3) is 0.520.